The molecule has 4 nitrogen and oxygen atoms in total. The van der Waals surface area contributed by atoms with Crippen LogP contribution in [-0.2, 0) is 13.0 Å². The topological polar surface area (TPSA) is 45.5 Å². The summed E-state index contributed by atoms with van der Waals surface area (Å²) < 4.78 is 5.72. The second kappa shape index (κ2) is 8.03. The molecule has 0 unspecified atom stereocenters. The van der Waals surface area contributed by atoms with Gasteiger partial charge in [0.05, 0.1) is 12.3 Å². The standard InChI is InChI=1S/C24H26N2O2/c1-17-9-10-20(14-18(17)2)24(27)25-15-22(23-8-5-13-28-23)26-12-11-19-6-3-4-7-21(19)16-26/h3-10,13-14,22H,11-12,15-16H2,1-2H3,(H,25,27)/t22-/m0/s1. The highest BCUT2D eigenvalue weighted by Crippen LogP contribution is 2.28. The van der Waals surface area contributed by atoms with Crippen LogP contribution in [0.25, 0.3) is 0 Å². The molecule has 28 heavy (non-hydrogen) atoms. The number of benzene rings is 2. The van der Waals surface area contributed by atoms with Crippen LogP contribution in [0.4, 0.5) is 0 Å². The summed E-state index contributed by atoms with van der Waals surface area (Å²) in [5, 5.41) is 3.11. The Hall–Kier alpha value is -2.85. The van der Waals surface area contributed by atoms with Crippen LogP contribution in [0, 0.1) is 13.8 Å². The van der Waals surface area contributed by atoms with Crippen LogP contribution in [-0.4, -0.2) is 23.9 Å². The molecular weight excluding hydrogens is 348 g/mol. The fourth-order valence-corrected chi connectivity index (χ4v) is 3.85. The maximum absolute atomic E-state index is 12.7. The van der Waals surface area contributed by atoms with E-state index in [2.05, 4.69) is 41.4 Å². The molecule has 2 heterocycles. The zero-order valence-electron chi connectivity index (χ0n) is 16.4. The lowest BCUT2D eigenvalue weighted by Crippen LogP contribution is -2.40. The van der Waals surface area contributed by atoms with Crippen molar-refractivity contribution in [2.45, 2.75) is 32.9 Å². The first kappa shape index (κ1) is 18.5. The van der Waals surface area contributed by atoms with E-state index in [0.29, 0.717) is 12.1 Å². The van der Waals surface area contributed by atoms with Crippen LogP contribution in [0.2, 0.25) is 0 Å². The fraction of sp³-hybridized carbons (Fsp3) is 0.292. The van der Waals surface area contributed by atoms with E-state index >= 15 is 0 Å². The van der Waals surface area contributed by atoms with Gasteiger partial charge < -0.3 is 9.73 Å². The van der Waals surface area contributed by atoms with E-state index in [4.69, 9.17) is 4.42 Å². The molecule has 144 valence electrons. The van der Waals surface area contributed by atoms with E-state index in [1.807, 2.05) is 37.3 Å². The average Bonchev–Trinajstić information content (AvgIpc) is 3.24. The van der Waals surface area contributed by atoms with E-state index in [0.717, 1.165) is 30.8 Å². The van der Waals surface area contributed by atoms with Crippen molar-refractivity contribution in [3.8, 4) is 0 Å². The molecule has 0 saturated carbocycles. The third-order valence-corrected chi connectivity index (χ3v) is 5.70. The SMILES string of the molecule is Cc1ccc(C(=O)NC[C@@H](c2ccco2)N2CCc3ccccc3C2)cc1C. The molecule has 3 aromatic rings. The maximum atomic E-state index is 12.7. The molecule has 0 fully saturated rings. The Kier molecular flexibility index (Phi) is 5.31. The quantitative estimate of drug-likeness (QED) is 0.719. The van der Waals surface area contributed by atoms with Crippen molar-refractivity contribution < 1.29 is 9.21 Å². The molecule has 1 aromatic heterocycles. The Morgan fingerprint density at radius 1 is 1.07 bits per heavy atom. The van der Waals surface area contributed by atoms with Crippen molar-refractivity contribution in [1.82, 2.24) is 10.2 Å². The first-order chi connectivity index (χ1) is 13.6. The van der Waals surface area contributed by atoms with Gasteiger partial charge in [-0.3, -0.25) is 9.69 Å². The number of aryl methyl sites for hydroxylation is 2. The predicted octanol–water partition coefficient (Wildman–Crippen LogP) is 4.43. The van der Waals surface area contributed by atoms with Crippen LogP contribution in [0.5, 0.6) is 0 Å². The smallest absolute Gasteiger partial charge is 0.251 e. The predicted molar refractivity (Wildman–Crippen MR) is 110 cm³/mol. The number of amides is 1. The summed E-state index contributed by atoms with van der Waals surface area (Å²) in [5.41, 5.74) is 5.78. The average molecular weight is 374 g/mol. The third-order valence-electron chi connectivity index (χ3n) is 5.70. The zero-order chi connectivity index (χ0) is 19.5. The minimum atomic E-state index is -0.0444. The summed E-state index contributed by atoms with van der Waals surface area (Å²) >= 11 is 0. The number of nitrogens with one attached hydrogen (secondary N) is 1. The first-order valence-corrected chi connectivity index (χ1v) is 9.81. The van der Waals surface area contributed by atoms with Gasteiger partial charge in [0, 0.05) is 25.2 Å². The highest BCUT2D eigenvalue weighted by Gasteiger charge is 2.27. The van der Waals surface area contributed by atoms with Crippen molar-refractivity contribution in [2.75, 3.05) is 13.1 Å². The van der Waals surface area contributed by atoms with Gasteiger partial charge in [-0.25, -0.2) is 0 Å². The Bertz CT molecular complexity index is 962. The molecule has 0 spiro atoms. The number of nitrogens with zero attached hydrogens (tertiary/aromatic N) is 1. The van der Waals surface area contributed by atoms with Gasteiger partial charge in [-0.2, -0.15) is 0 Å². The second-order valence-electron chi connectivity index (χ2n) is 7.53. The zero-order valence-corrected chi connectivity index (χ0v) is 16.4. The highest BCUT2D eigenvalue weighted by atomic mass is 16.3. The summed E-state index contributed by atoms with van der Waals surface area (Å²) in [7, 11) is 0. The number of hydrogen-bond acceptors (Lipinski definition) is 3. The van der Waals surface area contributed by atoms with E-state index < -0.39 is 0 Å². The molecule has 1 atom stereocenters. The van der Waals surface area contributed by atoms with Crippen LogP contribution < -0.4 is 5.32 Å². The summed E-state index contributed by atoms with van der Waals surface area (Å²) in [5.74, 6) is 0.844. The lowest BCUT2D eigenvalue weighted by molar-refractivity contribution is 0.0919. The lowest BCUT2D eigenvalue weighted by Gasteiger charge is -2.34. The van der Waals surface area contributed by atoms with Crippen molar-refractivity contribution in [3.63, 3.8) is 0 Å². The summed E-state index contributed by atoms with van der Waals surface area (Å²) in [6.07, 6.45) is 2.71. The van der Waals surface area contributed by atoms with E-state index in [1.165, 1.54) is 16.7 Å². The molecule has 1 aliphatic heterocycles. The highest BCUT2D eigenvalue weighted by molar-refractivity contribution is 5.94. The van der Waals surface area contributed by atoms with Crippen molar-refractivity contribution in [3.05, 3.63) is 94.4 Å². The minimum absolute atomic E-state index is 0.0128. The van der Waals surface area contributed by atoms with Gasteiger partial charge >= 0.3 is 0 Å². The number of furan rings is 1. The van der Waals surface area contributed by atoms with Crippen molar-refractivity contribution in [1.29, 1.82) is 0 Å². The van der Waals surface area contributed by atoms with E-state index in [9.17, 15) is 4.79 Å². The molecule has 2 aromatic carbocycles. The molecule has 0 radical (unpaired) electrons. The molecule has 0 aliphatic carbocycles. The lowest BCUT2D eigenvalue weighted by atomic mass is 9.98. The van der Waals surface area contributed by atoms with Gasteiger partial charge in [-0.05, 0) is 66.8 Å². The van der Waals surface area contributed by atoms with Gasteiger partial charge in [-0.15, -0.1) is 0 Å². The number of carbonyl (C=O) groups is 1. The molecule has 1 amide bonds. The molecule has 0 saturated heterocycles. The molecule has 4 rings (SSSR count). The van der Waals surface area contributed by atoms with Crippen LogP contribution in [0.3, 0.4) is 0 Å². The molecule has 0 bridgehead atoms. The van der Waals surface area contributed by atoms with Crippen molar-refractivity contribution in [2.24, 2.45) is 0 Å². The van der Waals surface area contributed by atoms with Gasteiger partial charge in [0.15, 0.2) is 0 Å². The summed E-state index contributed by atoms with van der Waals surface area (Å²) in [6, 6.07) is 18.3. The number of hydrogen-bond donors (Lipinski definition) is 1. The Balaban J connectivity index is 1.50. The molecular formula is C24H26N2O2. The monoisotopic (exact) mass is 374 g/mol. The Labute approximate surface area is 166 Å². The fourth-order valence-electron chi connectivity index (χ4n) is 3.85. The van der Waals surface area contributed by atoms with Crippen LogP contribution in [0.1, 0.15) is 44.4 Å². The molecule has 4 heteroatoms. The third kappa shape index (κ3) is 3.87. The van der Waals surface area contributed by atoms with E-state index in [-0.39, 0.29) is 11.9 Å². The molecule has 1 N–H and O–H groups in total. The number of carbonyl (C=O) groups excluding carboxylic acids is 1. The Morgan fingerprint density at radius 3 is 2.64 bits per heavy atom. The summed E-state index contributed by atoms with van der Waals surface area (Å²) in [4.78, 5) is 15.1. The van der Waals surface area contributed by atoms with Gasteiger partial charge in [-0.1, -0.05) is 30.3 Å². The number of fused-ring (bicyclic) bond motifs is 1. The molecule has 1 aliphatic rings. The number of rotatable bonds is 5. The van der Waals surface area contributed by atoms with Crippen molar-refractivity contribution >= 4 is 5.91 Å². The second-order valence-corrected chi connectivity index (χ2v) is 7.53. The largest absolute Gasteiger partial charge is 0.468 e. The van der Waals surface area contributed by atoms with Gasteiger partial charge in [0.25, 0.3) is 5.91 Å². The Morgan fingerprint density at radius 2 is 1.89 bits per heavy atom. The first-order valence-electron chi connectivity index (χ1n) is 9.81. The van der Waals surface area contributed by atoms with Gasteiger partial charge in [0.2, 0.25) is 0 Å². The van der Waals surface area contributed by atoms with E-state index in [1.54, 1.807) is 6.26 Å². The minimum Gasteiger partial charge on any atom is -0.468 e. The van der Waals surface area contributed by atoms with Gasteiger partial charge in [0.1, 0.15) is 5.76 Å². The summed E-state index contributed by atoms with van der Waals surface area (Å²) in [6.45, 7) is 6.41. The van der Waals surface area contributed by atoms with Crippen LogP contribution >= 0.6 is 0 Å². The van der Waals surface area contributed by atoms with Crippen LogP contribution in [0.15, 0.2) is 65.3 Å². The normalized spacial score (nSPS) is 15.1. The maximum Gasteiger partial charge on any atom is 0.251 e.